The van der Waals surface area contributed by atoms with E-state index in [0.29, 0.717) is 6.10 Å². The van der Waals surface area contributed by atoms with Crippen LogP contribution in [0.5, 0.6) is 0 Å². The van der Waals surface area contributed by atoms with Crippen LogP contribution in [0.2, 0.25) is 0 Å². The molecule has 0 aromatic carbocycles. The van der Waals surface area contributed by atoms with Crippen LogP contribution in [0.25, 0.3) is 0 Å². The lowest BCUT2D eigenvalue weighted by atomic mass is 9.80. The third-order valence-corrected chi connectivity index (χ3v) is 3.64. The molecule has 1 saturated carbocycles. The molecule has 1 unspecified atom stereocenters. The van der Waals surface area contributed by atoms with Crippen LogP contribution in [0.4, 0.5) is 0 Å². The molecule has 90 valence electrons. The Bertz CT molecular complexity index is 275. The number of hydrogen-bond acceptors (Lipinski definition) is 1. The highest BCUT2D eigenvalue weighted by atomic mass is 16.5. The van der Waals surface area contributed by atoms with Gasteiger partial charge in [-0.25, -0.2) is 0 Å². The van der Waals surface area contributed by atoms with Gasteiger partial charge in [0.15, 0.2) is 0 Å². The molecule has 0 aromatic heterocycles. The molecule has 16 heavy (non-hydrogen) atoms. The predicted octanol–water partition coefficient (Wildman–Crippen LogP) is 4.39. The number of allylic oxidation sites excluding steroid dienone is 2. The molecule has 1 fully saturated rings. The molecule has 0 amide bonds. The number of hydrogen-bond donors (Lipinski definition) is 0. The molecule has 0 N–H and O–H groups in total. The SMILES string of the molecule is CCCCCCCOC1C=C2CCC2=CC1. The Labute approximate surface area is 99.6 Å². The van der Waals surface area contributed by atoms with Gasteiger partial charge in [0.1, 0.15) is 0 Å². The van der Waals surface area contributed by atoms with Gasteiger partial charge in [-0.2, -0.15) is 0 Å². The highest BCUT2D eigenvalue weighted by Gasteiger charge is 2.21. The zero-order valence-electron chi connectivity index (χ0n) is 10.5. The maximum Gasteiger partial charge on any atom is 0.0796 e. The molecule has 0 aliphatic heterocycles. The molecule has 2 aliphatic rings. The molecule has 1 heteroatoms. The van der Waals surface area contributed by atoms with Crippen LogP contribution >= 0.6 is 0 Å². The van der Waals surface area contributed by atoms with Gasteiger partial charge < -0.3 is 4.74 Å². The van der Waals surface area contributed by atoms with Crippen LogP contribution in [-0.2, 0) is 4.74 Å². The van der Waals surface area contributed by atoms with Crippen molar-refractivity contribution in [2.24, 2.45) is 0 Å². The van der Waals surface area contributed by atoms with E-state index in [-0.39, 0.29) is 0 Å². The van der Waals surface area contributed by atoms with Gasteiger partial charge in [0.05, 0.1) is 6.10 Å². The van der Waals surface area contributed by atoms with Crippen LogP contribution in [0.3, 0.4) is 0 Å². The Morgan fingerprint density at radius 1 is 1.12 bits per heavy atom. The summed E-state index contributed by atoms with van der Waals surface area (Å²) in [5, 5.41) is 0. The minimum Gasteiger partial charge on any atom is -0.374 e. The quantitative estimate of drug-likeness (QED) is 0.578. The van der Waals surface area contributed by atoms with E-state index in [1.54, 1.807) is 11.1 Å². The summed E-state index contributed by atoms with van der Waals surface area (Å²) in [6.07, 6.45) is 15.4. The zero-order chi connectivity index (χ0) is 11.2. The van der Waals surface area contributed by atoms with Crippen molar-refractivity contribution in [2.45, 2.75) is 64.4 Å². The van der Waals surface area contributed by atoms with Gasteiger partial charge in [0.2, 0.25) is 0 Å². The summed E-state index contributed by atoms with van der Waals surface area (Å²) in [4.78, 5) is 0. The number of unbranched alkanes of at least 4 members (excludes halogenated alkanes) is 4. The monoisotopic (exact) mass is 220 g/mol. The van der Waals surface area contributed by atoms with E-state index in [2.05, 4.69) is 19.1 Å². The second-order valence-corrected chi connectivity index (χ2v) is 4.98. The van der Waals surface area contributed by atoms with Crippen LogP contribution in [0, 0.1) is 0 Å². The summed E-state index contributed by atoms with van der Waals surface area (Å²) in [5.74, 6) is 0. The van der Waals surface area contributed by atoms with Gasteiger partial charge in [-0.3, -0.25) is 0 Å². The van der Waals surface area contributed by atoms with E-state index in [1.807, 2.05) is 0 Å². The maximum absolute atomic E-state index is 5.89. The van der Waals surface area contributed by atoms with E-state index in [0.717, 1.165) is 13.0 Å². The summed E-state index contributed by atoms with van der Waals surface area (Å²) in [6, 6.07) is 0. The first-order valence-electron chi connectivity index (χ1n) is 6.92. The summed E-state index contributed by atoms with van der Waals surface area (Å²) in [5.41, 5.74) is 3.14. The first-order valence-corrected chi connectivity index (χ1v) is 6.92. The third-order valence-electron chi connectivity index (χ3n) is 3.64. The third kappa shape index (κ3) is 3.21. The Hall–Kier alpha value is -0.560. The first-order chi connectivity index (χ1) is 7.90. The molecule has 0 radical (unpaired) electrons. The molecule has 1 nitrogen and oxygen atoms in total. The zero-order valence-corrected chi connectivity index (χ0v) is 10.5. The fourth-order valence-electron chi connectivity index (χ4n) is 2.44. The van der Waals surface area contributed by atoms with E-state index in [9.17, 15) is 0 Å². The second kappa shape index (κ2) is 6.24. The van der Waals surface area contributed by atoms with Crippen molar-refractivity contribution in [3.05, 3.63) is 23.3 Å². The molecular weight excluding hydrogens is 196 g/mol. The van der Waals surface area contributed by atoms with Gasteiger partial charge in [-0.15, -0.1) is 0 Å². The molecule has 0 aromatic rings. The van der Waals surface area contributed by atoms with Crippen LogP contribution in [-0.4, -0.2) is 12.7 Å². The summed E-state index contributed by atoms with van der Waals surface area (Å²) < 4.78 is 5.89. The molecule has 2 rings (SSSR count). The Morgan fingerprint density at radius 2 is 1.94 bits per heavy atom. The van der Waals surface area contributed by atoms with E-state index in [1.165, 1.54) is 44.9 Å². The normalized spacial score (nSPS) is 23.2. The van der Waals surface area contributed by atoms with Crippen LogP contribution in [0.15, 0.2) is 23.3 Å². The minimum atomic E-state index is 0.380. The van der Waals surface area contributed by atoms with Gasteiger partial charge in [-0.1, -0.05) is 44.8 Å². The van der Waals surface area contributed by atoms with Gasteiger partial charge >= 0.3 is 0 Å². The minimum absolute atomic E-state index is 0.380. The highest BCUT2D eigenvalue weighted by Crippen LogP contribution is 2.36. The Morgan fingerprint density at radius 3 is 2.62 bits per heavy atom. The highest BCUT2D eigenvalue weighted by molar-refractivity contribution is 5.42. The summed E-state index contributed by atoms with van der Waals surface area (Å²) in [7, 11) is 0. The van der Waals surface area contributed by atoms with Gasteiger partial charge in [0.25, 0.3) is 0 Å². The number of ether oxygens (including phenoxy) is 1. The fraction of sp³-hybridized carbons (Fsp3) is 0.733. The molecule has 0 bridgehead atoms. The lowest BCUT2D eigenvalue weighted by molar-refractivity contribution is 0.0816. The maximum atomic E-state index is 5.89. The molecule has 0 saturated heterocycles. The molecule has 0 spiro atoms. The van der Waals surface area contributed by atoms with Crippen molar-refractivity contribution in [1.82, 2.24) is 0 Å². The average molecular weight is 220 g/mol. The molecular formula is C15H24O. The lowest BCUT2D eigenvalue weighted by Crippen LogP contribution is -2.18. The standard InChI is InChI=1S/C15H24O/c1-2-3-4-5-6-11-16-15-10-9-13-7-8-14(13)12-15/h9,12,15H,2-8,10-11H2,1H3. The predicted molar refractivity (Wildman–Crippen MR) is 68.5 cm³/mol. The Balaban J connectivity index is 1.54. The molecule has 2 aliphatic carbocycles. The lowest BCUT2D eigenvalue weighted by Gasteiger charge is -2.29. The van der Waals surface area contributed by atoms with E-state index in [4.69, 9.17) is 4.74 Å². The number of rotatable bonds is 7. The smallest absolute Gasteiger partial charge is 0.0796 e. The largest absolute Gasteiger partial charge is 0.374 e. The van der Waals surface area contributed by atoms with Crippen molar-refractivity contribution in [3.63, 3.8) is 0 Å². The summed E-state index contributed by atoms with van der Waals surface area (Å²) in [6.45, 7) is 3.20. The van der Waals surface area contributed by atoms with Crippen molar-refractivity contribution in [1.29, 1.82) is 0 Å². The molecule has 1 atom stereocenters. The average Bonchev–Trinajstić information content (AvgIpc) is 2.26. The first kappa shape index (κ1) is 11.9. The topological polar surface area (TPSA) is 9.23 Å². The van der Waals surface area contributed by atoms with E-state index >= 15 is 0 Å². The molecule has 0 heterocycles. The second-order valence-electron chi connectivity index (χ2n) is 4.98. The Kier molecular flexibility index (Phi) is 4.65. The van der Waals surface area contributed by atoms with Gasteiger partial charge in [-0.05, 0) is 36.8 Å². The summed E-state index contributed by atoms with van der Waals surface area (Å²) >= 11 is 0. The van der Waals surface area contributed by atoms with Crippen LogP contribution in [0.1, 0.15) is 58.3 Å². The number of fused-ring (bicyclic) bond motifs is 1. The van der Waals surface area contributed by atoms with Crippen molar-refractivity contribution in [2.75, 3.05) is 6.61 Å². The van der Waals surface area contributed by atoms with E-state index < -0.39 is 0 Å². The van der Waals surface area contributed by atoms with Crippen molar-refractivity contribution < 1.29 is 4.74 Å². The van der Waals surface area contributed by atoms with Crippen molar-refractivity contribution >= 4 is 0 Å². The van der Waals surface area contributed by atoms with Gasteiger partial charge in [0, 0.05) is 6.61 Å². The van der Waals surface area contributed by atoms with Crippen LogP contribution < -0.4 is 0 Å². The van der Waals surface area contributed by atoms with Crippen molar-refractivity contribution in [3.8, 4) is 0 Å². The fourth-order valence-corrected chi connectivity index (χ4v) is 2.44.